The van der Waals surface area contributed by atoms with E-state index in [0.717, 1.165) is 0 Å². The number of likely N-dealkylation sites (tertiary alicyclic amines) is 1. The molecule has 1 amide bonds. The van der Waals surface area contributed by atoms with E-state index in [4.69, 9.17) is 9.47 Å². The predicted octanol–water partition coefficient (Wildman–Crippen LogP) is 2.28. The number of carbonyl (C=O) groups excluding carboxylic acids is 1. The first-order chi connectivity index (χ1) is 10.2. The van der Waals surface area contributed by atoms with Crippen LogP contribution < -0.4 is 9.47 Å². The standard InChI is InChI=1S/C15H16N2O3S/c1-21-15(9-16)4-6-17(7-5-15)14(18)11-2-3-12-13(8-11)20-10-19-12/h2-3,8H,4-7,10H2,1H3. The Hall–Kier alpha value is -1.87. The number of nitriles is 1. The smallest absolute Gasteiger partial charge is 0.253 e. The van der Waals surface area contributed by atoms with Gasteiger partial charge in [0.15, 0.2) is 11.5 Å². The van der Waals surface area contributed by atoms with Crippen molar-refractivity contribution in [1.29, 1.82) is 5.26 Å². The van der Waals surface area contributed by atoms with Crippen LogP contribution in [0.2, 0.25) is 0 Å². The third-order valence-corrected chi connectivity index (χ3v) is 5.35. The van der Waals surface area contributed by atoms with Gasteiger partial charge in [0.2, 0.25) is 6.79 Å². The average Bonchev–Trinajstić information content (AvgIpc) is 3.02. The van der Waals surface area contributed by atoms with Crippen LogP contribution in [0.4, 0.5) is 0 Å². The summed E-state index contributed by atoms with van der Waals surface area (Å²) in [6, 6.07) is 7.64. The van der Waals surface area contributed by atoms with Crippen molar-refractivity contribution in [2.24, 2.45) is 0 Å². The number of amides is 1. The number of hydrogen-bond donors (Lipinski definition) is 0. The maximum absolute atomic E-state index is 12.5. The fraction of sp³-hybridized carbons (Fsp3) is 0.467. The zero-order valence-electron chi connectivity index (χ0n) is 11.8. The van der Waals surface area contributed by atoms with Gasteiger partial charge in [0.1, 0.15) is 4.75 Å². The molecule has 6 heteroatoms. The molecule has 1 aromatic carbocycles. The molecule has 0 saturated carbocycles. The summed E-state index contributed by atoms with van der Waals surface area (Å²) < 4.78 is 10.2. The Balaban J connectivity index is 1.71. The molecule has 21 heavy (non-hydrogen) atoms. The highest BCUT2D eigenvalue weighted by atomic mass is 32.2. The summed E-state index contributed by atoms with van der Waals surface area (Å²) in [7, 11) is 0. The lowest BCUT2D eigenvalue weighted by Gasteiger charge is -2.36. The van der Waals surface area contributed by atoms with Gasteiger partial charge < -0.3 is 14.4 Å². The Morgan fingerprint density at radius 2 is 2.05 bits per heavy atom. The molecule has 3 rings (SSSR count). The van der Waals surface area contributed by atoms with E-state index in [1.54, 1.807) is 30.0 Å². The van der Waals surface area contributed by atoms with Gasteiger partial charge in [0.05, 0.1) is 6.07 Å². The molecule has 0 aliphatic carbocycles. The van der Waals surface area contributed by atoms with Crippen LogP contribution in [0.25, 0.3) is 0 Å². The molecule has 2 aliphatic heterocycles. The molecule has 2 heterocycles. The normalized spacial score (nSPS) is 19.1. The van der Waals surface area contributed by atoms with Gasteiger partial charge in [-0.3, -0.25) is 4.79 Å². The molecule has 0 radical (unpaired) electrons. The largest absolute Gasteiger partial charge is 0.454 e. The summed E-state index contributed by atoms with van der Waals surface area (Å²) in [5, 5.41) is 9.28. The zero-order chi connectivity index (χ0) is 14.9. The second-order valence-electron chi connectivity index (χ2n) is 5.17. The molecule has 110 valence electrons. The molecular weight excluding hydrogens is 288 g/mol. The van der Waals surface area contributed by atoms with Crippen LogP contribution in [0.3, 0.4) is 0 Å². The summed E-state index contributed by atoms with van der Waals surface area (Å²) in [5.74, 6) is 1.28. The molecule has 0 N–H and O–H groups in total. The minimum absolute atomic E-state index is 0.0130. The van der Waals surface area contributed by atoms with Crippen LogP contribution in [0.5, 0.6) is 11.5 Å². The van der Waals surface area contributed by atoms with Crippen LogP contribution >= 0.6 is 11.8 Å². The number of piperidine rings is 1. The highest BCUT2D eigenvalue weighted by Crippen LogP contribution is 2.35. The van der Waals surface area contributed by atoms with E-state index >= 15 is 0 Å². The van der Waals surface area contributed by atoms with E-state index in [1.165, 1.54) is 0 Å². The maximum atomic E-state index is 12.5. The third-order valence-electron chi connectivity index (χ3n) is 4.07. The summed E-state index contributed by atoms with van der Waals surface area (Å²) in [6.45, 7) is 1.43. The number of ether oxygens (including phenoxy) is 2. The van der Waals surface area contributed by atoms with Crippen molar-refractivity contribution in [2.45, 2.75) is 17.6 Å². The highest BCUT2D eigenvalue weighted by Gasteiger charge is 2.35. The first kappa shape index (κ1) is 14.1. The minimum atomic E-state index is -0.342. The molecule has 0 atom stereocenters. The number of hydrogen-bond acceptors (Lipinski definition) is 5. The molecule has 0 bridgehead atoms. The SMILES string of the molecule is CSC1(C#N)CCN(C(=O)c2ccc3c(c2)OCO3)CC1. The minimum Gasteiger partial charge on any atom is -0.454 e. The van der Waals surface area contributed by atoms with Crippen molar-refractivity contribution in [3.05, 3.63) is 23.8 Å². The number of thioether (sulfide) groups is 1. The fourth-order valence-electron chi connectivity index (χ4n) is 2.64. The Kier molecular flexibility index (Phi) is 3.68. The Morgan fingerprint density at radius 3 is 2.71 bits per heavy atom. The van der Waals surface area contributed by atoms with Crippen LogP contribution in [0.15, 0.2) is 18.2 Å². The van der Waals surface area contributed by atoms with Crippen molar-refractivity contribution < 1.29 is 14.3 Å². The van der Waals surface area contributed by atoms with Gasteiger partial charge in [-0.2, -0.15) is 5.26 Å². The van der Waals surface area contributed by atoms with Crippen molar-refractivity contribution >= 4 is 17.7 Å². The van der Waals surface area contributed by atoms with E-state index in [2.05, 4.69) is 6.07 Å². The molecule has 2 aliphatic rings. The van der Waals surface area contributed by atoms with E-state index in [0.29, 0.717) is 43.0 Å². The summed E-state index contributed by atoms with van der Waals surface area (Å²) in [5.41, 5.74) is 0.604. The van der Waals surface area contributed by atoms with Crippen molar-refractivity contribution in [1.82, 2.24) is 4.90 Å². The van der Waals surface area contributed by atoms with E-state index in [-0.39, 0.29) is 17.4 Å². The number of rotatable bonds is 2. The van der Waals surface area contributed by atoms with Crippen molar-refractivity contribution in [2.75, 3.05) is 26.1 Å². The van der Waals surface area contributed by atoms with Gasteiger partial charge in [0.25, 0.3) is 5.91 Å². The first-order valence-corrected chi connectivity index (χ1v) is 8.05. The number of benzene rings is 1. The van der Waals surface area contributed by atoms with Crippen LogP contribution in [0, 0.1) is 11.3 Å². The lowest BCUT2D eigenvalue weighted by Crippen LogP contribution is -2.44. The second kappa shape index (κ2) is 5.49. The molecule has 5 nitrogen and oxygen atoms in total. The van der Waals surface area contributed by atoms with E-state index < -0.39 is 0 Å². The Labute approximate surface area is 127 Å². The summed E-state index contributed by atoms with van der Waals surface area (Å²) in [6.07, 6.45) is 3.38. The predicted molar refractivity (Wildman–Crippen MR) is 79.6 cm³/mol. The van der Waals surface area contributed by atoms with Crippen LogP contribution in [-0.2, 0) is 0 Å². The summed E-state index contributed by atoms with van der Waals surface area (Å²) in [4.78, 5) is 14.3. The van der Waals surface area contributed by atoms with Gasteiger partial charge in [-0.25, -0.2) is 0 Å². The molecule has 0 spiro atoms. The monoisotopic (exact) mass is 304 g/mol. The van der Waals surface area contributed by atoms with Crippen molar-refractivity contribution in [3.63, 3.8) is 0 Å². The van der Waals surface area contributed by atoms with Crippen LogP contribution in [-0.4, -0.2) is 41.7 Å². The molecular formula is C15H16N2O3S. The topological polar surface area (TPSA) is 62.6 Å². The van der Waals surface area contributed by atoms with Gasteiger partial charge in [-0.1, -0.05) is 0 Å². The number of fused-ring (bicyclic) bond motifs is 1. The lowest BCUT2D eigenvalue weighted by molar-refractivity contribution is 0.0716. The van der Waals surface area contributed by atoms with E-state index in [1.807, 2.05) is 11.2 Å². The number of carbonyl (C=O) groups is 1. The molecule has 0 aromatic heterocycles. The number of nitrogens with zero attached hydrogens (tertiary/aromatic N) is 2. The molecule has 1 saturated heterocycles. The van der Waals surface area contributed by atoms with Gasteiger partial charge in [0, 0.05) is 18.7 Å². The van der Waals surface area contributed by atoms with E-state index in [9.17, 15) is 10.1 Å². The van der Waals surface area contributed by atoms with Gasteiger partial charge in [-0.15, -0.1) is 11.8 Å². The first-order valence-electron chi connectivity index (χ1n) is 6.83. The van der Waals surface area contributed by atoms with Gasteiger partial charge >= 0.3 is 0 Å². The quantitative estimate of drug-likeness (QED) is 0.839. The van der Waals surface area contributed by atoms with Crippen LogP contribution in [0.1, 0.15) is 23.2 Å². The average molecular weight is 304 g/mol. The van der Waals surface area contributed by atoms with Gasteiger partial charge in [-0.05, 0) is 37.3 Å². The lowest BCUT2D eigenvalue weighted by atomic mass is 9.96. The third kappa shape index (κ3) is 2.54. The zero-order valence-corrected chi connectivity index (χ0v) is 12.6. The second-order valence-corrected chi connectivity index (χ2v) is 6.36. The molecule has 1 aromatic rings. The Morgan fingerprint density at radius 1 is 1.33 bits per heavy atom. The highest BCUT2D eigenvalue weighted by molar-refractivity contribution is 8.00. The van der Waals surface area contributed by atoms with Crippen molar-refractivity contribution in [3.8, 4) is 17.6 Å². The fourth-order valence-corrected chi connectivity index (χ4v) is 3.33. The summed E-state index contributed by atoms with van der Waals surface area (Å²) >= 11 is 1.58. The maximum Gasteiger partial charge on any atom is 0.253 e. The Bertz CT molecular complexity index is 603. The molecule has 0 unspecified atom stereocenters. The molecule has 1 fully saturated rings.